The van der Waals surface area contributed by atoms with Gasteiger partial charge in [0.15, 0.2) is 5.78 Å². The van der Waals surface area contributed by atoms with Gasteiger partial charge >= 0.3 is 0 Å². The molecule has 0 radical (unpaired) electrons. The highest BCUT2D eigenvalue weighted by Gasteiger charge is 2.23. The van der Waals surface area contributed by atoms with Crippen molar-refractivity contribution < 1.29 is 9.72 Å². The van der Waals surface area contributed by atoms with Crippen LogP contribution in [0.4, 0.5) is 5.69 Å². The summed E-state index contributed by atoms with van der Waals surface area (Å²) in [6, 6.07) is 13.1. The van der Waals surface area contributed by atoms with E-state index >= 15 is 0 Å². The fourth-order valence-electron chi connectivity index (χ4n) is 4.16. The molecule has 0 aromatic heterocycles. The van der Waals surface area contributed by atoms with Crippen molar-refractivity contribution in [2.45, 2.75) is 19.3 Å². The molecule has 0 saturated carbocycles. The van der Waals surface area contributed by atoms with Gasteiger partial charge in [-0.15, -0.1) is 0 Å². The molecule has 0 aliphatic heterocycles. The van der Waals surface area contributed by atoms with E-state index in [1.165, 1.54) is 0 Å². The number of carbonyl (C=O) groups is 1. The minimum atomic E-state index is -0.328. The first-order valence-electron chi connectivity index (χ1n) is 8.06. The third-order valence-corrected chi connectivity index (χ3v) is 5.20. The highest BCUT2D eigenvalue weighted by molar-refractivity contribution is 6.26. The summed E-state index contributed by atoms with van der Waals surface area (Å²) >= 11 is 0. The van der Waals surface area contributed by atoms with Crippen LogP contribution in [0.1, 0.15) is 28.8 Å². The molecule has 24 heavy (non-hydrogen) atoms. The normalized spacial score (nSPS) is 14.6. The van der Waals surface area contributed by atoms with E-state index < -0.39 is 0 Å². The average Bonchev–Trinajstić information content (AvgIpc) is 2.59. The Hall–Kier alpha value is -3.01. The monoisotopic (exact) mass is 315 g/mol. The maximum Gasteiger partial charge on any atom is 0.277 e. The van der Waals surface area contributed by atoms with Crippen LogP contribution in [0.15, 0.2) is 42.5 Å². The van der Waals surface area contributed by atoms with Gasteiger partial charge in [0, 0.05) is 23.4 Å². The summed E-state index contributed by atoms with van der Waals surface area (Å²) in [7, 11) is 0. The number of benzene rings is 4. The van der Waals surface area contributed by atoms with E-state index in [0.29, 0.717) is 11.8 Å². The predicted octanol–water partition coefficient (Wildman–Crippen LogP) is 5.01. The number of Topliss-reactive ketones (excluding diaryl/α,β-unsaturated/α-hetero) is 1. The first kappa shape index (κ1) is 13.4. The Kier molecular flexibility index (Phi) is 2.52. The number of nitro benzene ring substituents is 1. The second-order valence-electron chi connectivity index (χ2n) is 6.44. The van der Waals surface area contributed by atoms with Crippen molar-refractivity contribution in [1.29, 1.82) is 0 Å². The number of rotatable bonds is 1. The number of fused-ring (bicyclic) bond motifs is 2. The van der Waals surface area contributed by atoms with Crippen LogP contribution in [0.2, 0.25) is 0 Å². The Bertz CT molecular complexity index is 1180. The molecule has 116 valence electrons. The van der Waals surface area contributed by atoms with Gasteiger partial charge < -0.3 is 0 Å². The van der Waals surface area contributed by atoms with Crippen LogP contribution in [0, 0.1) is 10.1 Å². The Labute approximate surface area is 137 Å². The van der Waals surface area contributed by atoms with E-state index in [-0.39, 0.29) is 16.4 Å². The minimum Gasteiger partial charge on any atom is -0.294 e. The third kappa shape index (κ3) is 1.60. The van der Waals surface area contributed by atoms with Gasteiger partial charge in [-0.05, 0) is 58.1 Å². The van der Waals surface area contributed by atoms with Gasteiger partial charge in [-0.2, -0.15) is 0 Å². The zero-order valence-electron chi connectivity index (χ0n) is 12.8. The summed E-state index contributed by atoms with van der Waals surface area (Å²) in [5.74, 6) is 0.202. The maximum atomic E-state index is 12.3. The molecule has 0 bridgehead atoms. The fraction of sp³-hybridized carbons (Fsp3) is 0.150. The summed E-state index contributed by atoms with van der Waals surface area (Å²) in [6.45, 7) is 0. The summed E-state index contributed by atoms with van der Waals surface area (Å²) in [4.78, 5) is 23.4. The van der Waals surface area contributed by atoms with Crippen LogP contribution >= 0.6 is 0 Å². The second-order valence-corrected chi connectivity index (χ2v) is 6.44. The highest BCUT2D eigenvalue weighted by atomic mass is 16.6. The Balaban J connectivity index is 2.05. The molecule has 0 spiro atoms. The van der Waals surface area contributed by atoms with Crippen LogP contribution in [0.25, 0.3) is 32.3 Å². The van der Waals surface area contributed by atoms with Gasteiger partial charge in [0.1, 0.15) is 0 Å². The fourth-order valence-corrected chi connectivity index (χ4v) is 4.16. The molecule has 0 saturated heterocycles. The van der Waals surface area contributed by atoms with E-state index in [9.17, 15) is 14.9 Å². The average molecular weight is 315 g/mol. The largest absolute Gasteiger partial charge is 0.294 e. The number of nitrogens with zero attached hydrogens (tertiary/aromatic N) is 1. The lowest BCUT2D eigenvalue weighted by Crippen LogP contribution is -2.11. The number of carbonyl (C=O) groups excluding carboxylic acids is 1. The molecule has 0 heterocycles. The quantitative estimate of drug-likeness (QED) is 0.282. The second kappa shape index (κ2) is 4.51. The van der Waals surface area contributed by atoms with E-state index in [2.05, 4.69) is 0 Å². The number of aryl methyl sites for hydroxylation is 1. The zero-order valence-corrected chi connectivity index (χ0v) is 12.8. The first-order valence-corrected chi connectivity index (χ1v) is 8.06. The molecule has 0 atom stereocenters. The third-order valence-electron chi connectivity index (χ3n) is 5.20. The topological polar surface area (TPSA) is 60.2 Å². The van der Waals surface area contributed by atoms with Gasteiger partial charge in [0.2, 0.25) is 0 Å². The van der Waals surface area contributed by atoms with Crippen molar-refractivity contribution in [2.24, 2.45) is 0 Å². The number of hydrogen-bond acceptors (Lipinski definition) is 3. The molecule has 0 N–H and O–H groups in total. The van der Waals surface area contributed by atoms with E-state index in [0.717, 1.165) is 50.9 Å². The molecule has 5 rings (SSSR count). The highest BCUT2D eigenvalue weighted by Crippen LogP contribution is 2.41. The number of nitro groups is 1. The first-order chi connectivity index (χ1) is 11.6. The van der Waals surface area contributed by atoms with Crippen molar-refractivity contribution in [3.63, 3.8) is 0 Å². The van der Waals surface area contributed by atoms with Crippen molar-refractivity contribution in [2.75, 3.05) is 0 Å². The van der Waals surface area contributed by atoms with Crippen LogP contribution in [-0.2, 0) is 6.42 Å². The van der Waals surface area contributed by atoms with Gasteiger partial charge in [0.25, 0.3) is 5.69 Å². The predicted molar refractivity (Wildman–Crippen MR) is 94.1 cm³/mol. The molecule has 1 aliphatic carbocycles. The molecular formula is C20H13NO3. The molecule has 0 fully saturated rings. The Morgan fingerprint density at radius 3 is 2.42 bits per heavy atom. The smallest absolute Gasteiger partial charge is 0.277 e. The van der Waals surface area contributed by atoms with Crippen molar-refractivity contribution in [1.82, 2.24) is 0 Å². The van der Waals surface area contributed by atoms with Gasteiger partial charge in [-0.25, -0.2) is 0 Å². The van der Waals surface area contributed by atoms with Crippen LogP contribution in [-0.4, -0.2) is 10.7 Å². The number of non-ortho nitro benzene ring substituents is 1. The van der Waals surface area contributed by atoms with Gasteiger partial charge in [0.05, 0.1) is 10.3 Å². The zero-order chi connectivity index (χ0) is 16.4. The van der Waals surface area contributed by atoms with E-state index in [4.69, 9.17) is 0 Å². The summed E-state index contributed by atoms with van der Waals surface area (Å²) in [5.41, 5.74) is 2.05. The van der Waals surface area contributed by atoms with Crippen molar-refractivity contribution in [3.8, 4) is 0 Å². The Morgan fingerprint density at radius 1 is 0.875 bits per heavy atom. The molecule has 4 aromatic rings. The summed E-state index contributed by atoms with van der Waals surface area (Å²) in [5, 5.41) is 17.1. The van der Waals surface area contributed by atoms with Crippen LogP contribution < -0.4 is 0 Å². The standard InChI is InChI=1S/C20H13NO3/c22-18-3-1-2-13-14-7-8-15-17(21(23)24)9-6-11-4-5-12(10-16(13)18)20(14)19(11)15/h4-10H,1-3H2. The molecule has 4 nitrogen and oxygen atoms in total. The molecule has 1 aliphatic rings. The van der Waals surface area contributed by atoms with Gasteiger partial charge in [-0.1, -0.05) is 18.2 Å². The lowest BCUT2D eigenvalue weighted by Gasteiger charge is -2.20. The SMILES string of the molecule is O=C1CCCc2c1cc1ccc3ccc([N+](=O)[O-])c4ccc2c1c34. The van der Waals surface area contributed by atoms with Crippen molar-refractivity contribution in [3.05, 3.63) is 63.7 Å². The lowest BCUT2D eigenvalue weighted by molar-refractivity contribution is -0.383. The molecule has 0 unspecified atom stereocenters. The van der Waals surface area contributed by atoms with Crippen LogP contribution in [0.5, 0.6) is 0 Å². The van der Waals surface area contributed by atoms with E-state index in [1.54, 1.807) is 6.07 Å². The molecule has 0 amide bonds. The van der Waals surface area contributed by atoms with Crippen molar-refractivity contribution >= 4 is 43.8 Å². The molecule has 4 aromatic carbocycles. The molecule has 4 heteroatoms. The molecular weight excluding hydrogens is 302 g/mol. The maximum absolute atomic E-state index is 12.3. The minimum absolute atomic E-state index is 0.130. The van der Waals surface area contributed by atoms with E-state index in [1.807, 2.05) is 36.4 Å². The summed E-state index contributed by atoms with van der Waals surface area (Å²) in [6.07, 6.45) is 2.36. The van der Waals surface area contributed by atoms with Crippen LogP contribution in [0.3, 0.4) is 0 Å². The lowest BCUT2D eigenvalue weighted by atomic mass is 9.83. The van der Waals surface area contributed by atoms with Gasteiger partial charge in [-0.3, -0.25) is 14.9 Å². The Morgan fingerprint density at radius 2 is 1.58 bits per heavy atom. The number of ketones is 1. The number of hydrogen-bond donors (Lipinski definition) is 0. The summed E-state index contributed by atoms with van der Waals surface area (Å²) < 4.78 is 0.